The van der Waals surface area contributed by atoms with E-state index < -0.39 is 5.60 Å². The molecule has 1 aromatic rings. The first-order valence-corrected chi connectivity index (χ1v) is 11.3. The minimum absolute atomic E-state index is 0.0222. The van der Waals surface area contributed by atoms with Gasteiger partial charge in [-0.05, 0) is 44.9 Å². The van der Waals surface area contributed by atoms with Gasteiger partial charge in [0.15, 0.2) is 0 Å². The van der Waals surface area contributed by atoms with Crippen LogP contribution in [0.4, 0.5) is 0 Å². The second kappa shape index (κ2) is 9.10. The first-order chi connectivity index (χ1) is 14.1. The van der Waals surface area contributed by atoms with Gasteiger partial charge in [0.2, 0.25) is 5.91 Å². The maximum absolute atomic E-state index is 12.4. The average Bonchev–Trinajstić information content (AvgIpc) is 3.49. The van der Waals surface area contributed by atoms with E-state index in [2.05, 4.69) is 15.6 Å². The summed E-state index contributed by atoms with van der Waals surface area (Å²) in [5, 5.41) is 31.9. The average molecular weight is 407 g/mol. The van der Waals surface area contributed by atoms with Crippen LogP contribution in [0.15, 0.2) is 6.20 Å². The standard InChI is InChI=1S/C21H34N4O4/c26-14-18-17(22-20(27)15-5-1-2-6-15)8-7-16(29-18)9-12-25-13-19(23-24-25)21(28)10-3-4-11-21/h13,15-18,26,28H,1-12,14H2,(H,22,27)/t16-,17+,18-/m0/s1. The predicted molar refractivity (Wildman–Crippen MR) is 106 cm³/mol. The maximum atomic E-state index is 12.4. The molecule has 2 heterocycles. The molecule has 3 fully saturated rings. The van der Waals surface area contributed by atoms with E-state index in [1.165, 1.54) is 0 Å². The predicted octanol–water partition coefficient (Wildman–Crippen LogP) is 1.64. The fourth-order valence-electron chi connectivity index (χ4n) is 5.11. The SMILES string of the molecule is O=C(N[C@@H]1CC[C@@H](CCn2cc(C3(O)CCCC3)nn2)O[C@H]1CO)C1CCCC1. The normalized spacial score (nSPS) is 29.9. The van der Waals surface area contributed by atoms with E-state index >= 15 is 0 Å². The molecule has 1 amide bonds. The second-order valence-corrected chi connectivity index (χ2v) is 9.05. The van der Waals surface area contributed by atoms with Crippen molar-refractivity contribution in [2.75, 3.05) is 6.61 Å². The lowest BCUT2D eigenvalue weighted by Crippen LogP contribution is -2.52. The van der Waals surface area contributed by atoms with Gasteiger partial charge in [-0.25, -0.2) is 0 Å². The number of aromatic nitrogens is 3. The number of hydrogen-bond acceptors (Lipinski definition) is 6. The number of amides is 1. The Hall–Kier alpha value is -1.51. The van der Waals surface area contributed by atoms with Gasteiger partial charge in [-0.15, -0.1) is 5.10 Å². The van der Waals surface area contributed by atoms with Crippen molar-refractivity contribution in [3.63, 3.8) is 0 Å². The third-order valence-electron chi connectivity index (χ3n) is 6.98. The number of ether oxygens (including phenoxy) is 1. The lowest BCUT2D eigenvalue weighted by Gasteiger charge is -2.36. The van der Waals surface area contributed by atoms with Gasteiger partial charge in [-0.3, -0.25) is 9.48 Å². The highest BCUT2D eigenvalue weighted by molar-refractivity contribution is 5.79. The minimum Gasteiger partial charge on any atom is -0.394 e. The summed E-state index contributed by atoms with van der Waals surface area (Å²) in [7, 11) is 0. The molecule has 3 aliphatic rings. The Balaban J connectivity index is 1.26. The molecule has 3 atom stereocenters. The summed E-state index contributed by atoms with van der Waals surface area (Å²) in [6, 6.07) is -0.112. The van der Waals surface area contributed by atoms with Crippen molar-refractivity contribution in [1.29, 1.82) is 0 Å². The fourth-order valence-corrected chi connectivity index (χ4v) is 5.11. The molecule has 0 bridgehead atoms. The lowest BCUT2D eigenvalue weighted by molar-refractivity contribution is -0.132. The molecule has 4 rings (SSSR count). The van der Waals surface area contributed by atoms with Crippen LogP contribution in [-0.2, 0) is 21.7 Å². The number of hydrogen-bond donors (Lipinski definition) is 3. The van der Waals surface area contributed by atoms with Crippen LogP contribution in [0, 0.1) is 5.92 Å². The van der Waals surface area contributed by atoms with Gasteiger partial charge in [0.1, 0.15) is 17.4 Å². The van der Waals surface area contributed by atoms with Crippen molar-refractivity contribution in [2.24, 2.45) is 5.92 Å². The van der Waals surface area contributed by atoms with E-state index in [1.54, 1.807) is 4.68 Å². The van der Waals surface area contributed by atoms with Crippen LogP contribution in [0.1, 0.15) is 76.3 Å². The Bertz CT molecular complexity index is 682. The molecular weight excluding hydrogens is 372 g/mol. The number of carbonyl (C=O) groups excluding carboxylic acids is 1. The largest absolute Gasteiger partial charge is 0.394 e. The van der Waals surface area contributed by atoms with Gasteiger partial charge >= 0.3 is 0 Å². The zero-order chi connectivity index (χ0) is 20.3. The van der Waals surface area contributed by atoms with Gasteiger partial charge in [0.25, 0.3) is 0 Å². The van der Waals surface area contributed by atoms with Gasteiger partial charge in [0, 0.05) is 12.5 Å². The Morgan fingerprint density at radius 1 is 1.21 bits per heavy atom. The Kier molecular flexibility index (Phi) is 6.51. The molecule has 3 N–H and O–H groups in total. The van der Waals surface area contributed by atoms with Crippen molar-refractivity contribution in [3.8, 4) is 0 Å². The molecule has 1 saturated heterocycles. The fraction of sp³-hybridized carbons (Fsp3) is 0.857. The van der Waals surface area contributed by atoms with Crippen LogP contribution in [0.2, 0.25) is 0 Å². The van der Waals surface area contributed by atoms with E-state index in [1.807, 2.05) is 6.20 Å². The molecule has 2 aliphatic carbocycles. The van der Waals surface area contributed by atoms with Crippen LogP contribution in [0.5, 0.6) is 0 Å². The van der Waals surface area contributed by atoms with Gasteiger partial charge in [-0.1, -0.05) is 30.9 Å². The molecule has 0 unspecified atom stereocenters. The Morgan fingerprint density at radius 2 is 1.97 bits per heavy atom. The van der Waals surface area contributed by atoms with Crippen molar-refractivity contribution in [3.05, 3.63) is 11.9 Å². The minimum atomic E-state index is -0.813. The monoisotopic (exact) mass is 406 g/mol. The first kappa shape index (κ1) is 20.8. The number of nitrogens with zero attached hydrogens (tertiary/aromatic N) is 3. The van der Waals surface area contributed by atoms with Crippen LogP contribution in [-0.4, -0.2) is 56.0 Å². The molecule has 1 aliphatic heterocycles. The van der Waals surface area contributed by atoms with E-state index in [4.69, 9.17) is 4.74 Å². The second-order valence-electron chi connectivity index (χ2n) is 9.05. The zero-order valence-electron chi connectivity index (χ0n) is 17.1. The van der Waals surface area contributed by atoms with Crippen molar-refractivity contribution < 1.29 is 19.7 Å². The Labute approximate surface area is 172 Å². The molecular formula is C21H34N4O4. The highest BCUT2D eigenvalue weighted by Crippen LogP contribution is 2.37. The van der Waals surface area contributed by atoms with Crippen LogP contribution in [0.25, 0.3) is 0 Å². The summed E-state index contributed by atoms with van der Waals surface area (Å²) >= 11 is 0. The van der Waals surface area contributed by atoms with Gasteiger partial charge < -0.3 is 20.3 Å². The van der Waals surface area contributed by atoms with Crippen LogP contribution in [0.3, 0.4) is 0 Å². The number of carbonyl (C=O) groups is 1. The van der Waals surface area contributed by atoms with Crippen LogP contribution < -0.4 is 5.32 Å². The lowest BCUT2D eigenvalue weighted by atomic mass is 9.96. The highest BCUT2D eigenvalue weighted by atomic mass is 16.5. The number of nitrogens with one attached hydrogen (secondary N) is 1. The number of rotatable bonds is 7. The first-order valence-electron chi connectivity index (χ1n) is 11.3. The molecule has 162 valence electrons. The molecule has 0 aromatic carbocycles. The summed E-state index contributed by atoms with van der Waals surface area (Å²) in [5.41, 5.74) is -0.144. The molecule has 2 saturated carbocycles. The summed E-state index contributed by atoms with van der Waals surface area (Å²) in [4.78, 5) is 12.4. The topological polar surface area (TPSA) is 110 Å². The number of aliphatic hydroxyl groups is 2. The highest BCUT2D eigenvalue weighted by Gasteiger charge is 2.36. The van der Waals surface area contributed by atoms with Gasteiger partial charge in [-0.2, -0.15) is 0 Å². The van der Waals surface area contributed by atoms with Crippen molar-refractivity contribution in [2.45, 2.75) is 101 Å². The molecule has 8 heteroatoms. The Morgan fingerprint density at radius 3 is 2.69 bits per heavy atom. The molecule has 0 spiro atoms. The molecule has 8 nitrogen and oxygen atoms in total. The van der Waals surface area contributed by atoms with E-state index in [9.17, 15) is 15.0 Å². The molecule has 29 heavy (non-hydrogen) atoms. The van der Waals surface area contributed by atoms with E-state index in [0.29, 0.717) is 12.2 Å². The smallest absolute Gasteiger partial charge is 0.223 e. The van der Waals surface area contributed by atoms with Crippen LogP contribution >= 0.6 is 0 Å². The van der Waals surface area contributed by atoms with E-state index in [-0.39, 0.29) is 36.7 Å². The number of aryl methyl sites for hydroxylation is 1. The molecule has 0 radical (unpaired) electrons. The van der Waals surface area contributed by atoms with Crippen molar-refractivity contribution >= 4 is 5.91 Å². The van der Waals surface area contributed by atoms with Gasteiger partial charge in [0.05, 0.1) is 24.9 Å². The summed E-state index contributed by atoms with van der Waals surface area (Å²) in [6.45, 7) is 0.567. The summed E-state index contributed by atoms with van der Waals surface area (Å²) in [6.07, 6.45) is 11.7. The van der Waals surface area contributed by atoms with Crippen molar-refractivity contribution in [1.82, 2.24) is 20.3 Å². The maximum Gasteiger partial charge on any atom is 0.223 e. The summed E-state index contributed by atoms with van der Waals surface area (Å²) in [5.74, 6) is 0.247. The third kappa shape index (κ3) is 4.81. The quantitative estimate of drug-likeness (QED) is 0.635. The summed E-state index contributed by atoms with van der Waals surface area (Å²) < 4.78 is 7.86. The number of aliphatic hydroxyl groups excluding tert-OH is 1. The molecule has 1 aromatic heterocycles. The zero-order valence-corrected chi connectivity index (χ0v) is 17.1. The third-order valence-corrected chi connectivity index (χ3v) is 6.98. The van der Waals surface area contributed by atoms with E-state index in [0.717, 1.165) is 70.6 Å².